The van der Waals surface area contributed by atoms with E-state index in [0.717, 1.165) is 32.1 Å². The van der Waals surface area contributed by atoms with Crippen LogP contribution in [0.3, 0.4) is 0 Å². The van der Waals surface area contributed by atoms with Crippen molar-refractivity contribution in [2.24, 2.45) is 5.73 Å². The largest absolute Gasteiger partial charge is 0.372 e. The SMILES string of the molecule is CCCOCc1nc(C2(N)CCCCCC2)no1. The summed E-state index contributed by atoms with van der Waals surface area (Å²) in [6.07, 6.45) is 7.68. The maximum absolute atomic E-state index is 6.42. The predicted molar refractivity (Wildman–Crippen MR) is 67.8 cm³/mol. The van der Waals surface area contributed by atoms with Crippen LogP contribution < -0.4 is 5.73 Å². The van der Waals surface area contributed by atoms with Gasteiger partial charge in [0.15, 0.2) is 5.82 Å². The number of rotatable bonds is 5. The number of hydrogen-bond acceptors (Lipinski definition) is 5. The summed E-state index contributed by atoms with van der Waals surface area (Å²) in [6.45, 7) is 3.17. The first-order valence-electron chi connectivity index (χ1n) is 6.94. The molecule has 1 aromatic heterocycles. The highest BCUT2D eigenvalue weighted by molar-refractivity contribution is 5.04. The Labute approximate surface area is 108 Å². The zero-order valence-electron chi connectivity index (χ0n) is 11.2. The van der Waals surface area contributed by atoms with E-state index in [1.165, 1.54) is 12.8 Å². The Morgan fingerprint density at radius 1 is 1.28 bits per heavy atom. The smallest absolute Gasteiger partial charge is 0.252 e. The van der Waals surface area contributed by atoms with E-state index in [0.29, 0.717) is 24.9 Å². The topological polar surface area (TPSA) is 74.2 Å². The van der Waals surface area contributed by atoms with Gasteiger partial charge in [-0.05, 0) is 19.3 Å². The quantitative estimate of drug-likeness (QED) is 0.644. The highest BCUT2D eigenvalue weighted by Gasteiger charge is 2.33. The molecular formula is C13H23N3O2. The summed E-state index contributed by atoms with van der Waals surface area (Å²) in [5, 5.41) is 4.04. The van der Waals surface area contributed by atoms with Crippen LogP contribution in [-0.2, 0) is 16.9 Å². The molecule has 1 aliphatic carbocycles. The number of nitrogens with two attached hydrogens (primary N) is 1. The second kappa shape index (κ2) is 6.29. The summed E-state index contributed by atoms with van der Waals surface area (Å²) in [7, 11) is 0. The summed E-state index contributed by atoms with van der Waals surface area (Å²) in [5.41, 5.74) is 6.02. The van der Waals surface area contributed by atoms with Gasteiger partial charge in [0.2, 0.25) is 0 Å². The van der Waals surface area contributed by atoms with Gasteiger partial charge >= 0.3 is 0 Å². The average molecular weight is 253 g/mol. The molecule has 0 aromatic carbocycles. The fraction of sp³-hybridized carbons (Fsp3) is 0.846. The predicted octanol–water partition coefficient (Wildman–Crippen LogP) is 2.50. The molecule has 0 radical (unpaired) electrons. The molecule has 1 aromatic rings. The Morgan fingerprint density at radius 3 is 2.67 bits per heavy atom. The van der Waals surface area contributed by atoms with Crippen LogP contribution in [0.5, 0.6) is 0 Å². The van der Waals surface area contributed by atoms with Gasteiger partial charge in [-0.2, -0.15) is 4.98 Å². The van der Waals surface area contributed by atoms with Crippen LogP contribution in [0.1, 0.15) is 63.6 Å². The first-order valence-corrected chi connectivity index (χ1v) is 6.94. The average Bonchev–Trinajstić information content (AvgIpc) is 2.73. The molecule has 1 saturated carbocycles. The van der Waals surface area contributed by atoms with E-state index in [1.807, 2.05) is 0 Å². The fourth-order valence-electron chi connectivity index (χ4n) is 2.40. The Kier molecular flexibility index (Phi) is 4.72. The first kappa shape index (κ1) is 13.5. The van der Waals surface area contributed by atoms with Crippen molar-refractivity contribution in [1.29, 1.82) is 0 Å². The van der Waals surface area contributed by atoms with Crippen molar-refractivity contribution < 1.29 is 9.26 Å². The summed E-state index contributed by atoms with van der Waals surface area (Å²) >= 11 is 0. The Hall–Kier alpha value is -0.940. The molecule has 0 atom stereocenters. The van der Waals surface area contributed by atoms with Crippen LogP contribution in [-0.4, -0.2) is 16.7 Å². The lowest BCUT2D eigenvalue weighted by atomic mass is 9.91. The first-order chi connectivity index (χ1) is 8.74. The van der Waals surface area contributed by atoms with Gasteiger partial charge in [0.25, 0.3) is 5.89 Å². The number of hydrogen-bond donors (Lipinski definition) is 1. The van der Waals surface area contributed by atoms with Gasteiger partial charge in [0, 0.05) is 6.61 Å². The lowest BCUT2D eigenvalue weighted by Crippen LogP contribution is -2.37. The maximum atomic E-state index is 6.42. The van der Waals surface area contributed by atoms with E-state index in [4.69, 9.17) is 15.0 Å². The molecule has 0 saturated heterocycles. The molecule has 0 bridgehead atoms. The molecule has 5 nitrogen and oxygen atoms in total. The maximum Gasteiger partial charge on any atom is 0.252 e. The van der Waals surface area contributed by atoms with E-state index in [1.54, 1.807) is 0 Å². The van der Waals surface area contributed by atoms with Crippen molar-refractivity contribution in [3.05, 3.63) is 11.7 Å². The standard InChI is InChI=1S/C13H23N3O2/c1-2-9-17-10-11-15-12(16-18-11)13(14)7-5-3-4-6-8-13/h2-10,14H2,1H3. The third-order valence-electron chi connectivity index (χ3n) is 3.48. The Balaban J connectivity index is 1.99. The van der Waals surface area contributed by atoms with Crippen LogP contribution in [0, 0.1) is 0 Å². The zero-order chi connectivity index (χ0) is 12.8. The number of nitrogens with zero attached hydrogens (tertiary/aromatic N) is 2. The van der Waals surface area contributed by atoms with Crippen LogP contribution >= 0.6 is 0 Å². The van der Waals surface area contributed by atoms with E-state index in [9.17, 15) is 0 Å². The van der Waals surface area contributed by atoms with Crippen molar-refractivity contribution in [3.8, 4) is 0 Å². The Morgan fingerprint density at radius 2 is 2.00 bits per heavy atom. The van der Waals surface area contributed by atoms with Crippen molar-refractivity contribution in [2.45, 2.75) is 64.0 Å². The second-order valence-electron chi connectivity index (χ2n) is 5.13. The molecule has 102 valence electrons. The molecule has 0 spiro atoms. The van der Waals surface area contributed by atoms with Gasteiger partial charge in [0.1, 0.15) is 6.61 Å². The number of ether oxygens (including phenoxy) is 1. The molecule has 1 heterocycles. The molecule has 1 fully saturated rings. The van der Waals surface area contributed by atoms with Crippen molar-refractivity contribution in [2.75, 3.05) is 6.61 Å². The second-order valence-corrected chi connectivity index (χ2v) is 5.13. The van der Waals surface area contributed by atoms with Gasteiger partial charge < -0.3 is 15.0 Å². The Bertz CT molecular complexity index is 357. The minimum Gasteiger partial charge on any atom is -0.372 e. The molecule has 0 unspecified atom stereocenters. The molecule has 2 N–H and O–H groups in total. The van der Waals surface area contributed by atoms with Gasteiger partial charge in [-0.3, -0.25) is 0 Å². The van der Waals surface area contributed by atoms with Gasteiger partial charge in [-0.15, -0.1) is 0 Å². The van der Waals surface area contributed by atoms with Crippen LogP contribution in [0.4, 0.5) is 0 Å². The van der Waals surface area contributed by atoms with E-state index in [2.05, 4.69) is 17.1 Å². The summed E-state index contributed by atoms with van der Waals surface area (Å²) < 4.78 is 10.6. The number of aromatic nitrogens is 2. The summed E-state index contributed by atoms with van der Waals surface area (Å²) in [6, 6.07) is 0. The fourth-order valence-corrected chi connectivity index (χ4v) is 2.40. The molecule has 0 aliphatic heterocycles. The lowest BCUT2D eigenvalue weighted by Gasteiger charge is -2.23. The molecule has 5 heteroatoms. The highest BCUT2D eigenvalue weighted by Crippen LogP contribution is 2.31. The third kappa shape index (κ3) is 3.29. The lowest BCUT2D eigenvalue weighted by molar-refractivity contribution is 0.0981. The summed E-state index contributed by atoms with van der Waals surface area (Å²) in [4.78, 5) is 4.39. The van der Waals surface area contributed by atoms with Gasteiger partial charge in [-0.1, -0.05) is 37.8 Å². The summed E-state index contributed by atoms with van der Waals surface area (Å²) in [5.74, 6) is 1.19. The van der Waals surface area contributed by atoms with E-state index >= 15 is 0 Å². The van der Waals surface area contributed by atoms with Crippen LogP contribution in [0.25, 0.3) is 0 Å². The normalized spacial score (nSPS) is 19.7. The minimum atomic E-state index is -0.400. The van der Waals surface area contributed by atoms with Gasteiger partial charge in [-0.25, -0.2) is 0 Å². The van der Waals surface area contributed by atoms with Gasteiger partial charge in [0.05, 0.1) is 5.54 Å². The highest BCUT2D eigenvalue weighted by atomic mass is 16.5. The van der Waals surface area contributed by atoms with Crippen molar-refractivity contribution in [3.63, 3.8) is 0 Å². The molecule has 0 amide bonds. The molecule has 2 rings (SSSR count). The van der Waals surface area contributed by atoms with Crippen molar-refractivity contribution in [1.82, 2.24) is 10.1 Å². The molecule has 1 aliphatic rings. The minimum absolute atomic E-state index is 0.386. The van der Waals surface area contributed by atoms with E-state index < -0.39 is 5.54 Å². The molecular weight excluding hydrogens is 230 g/mol. The van der Waals surface area contributed by atoms with Crippen LogP contribution in [0.2, 0.25) is 0 Å². The van der Waals surface area contributed by atoms with Crippen LogP contribution in [0.15, 0.2) is 4.52 Å². The van der Waals surface area contributed by atoms with Crippen molar-refractivity contribution >= 4 is 0 Å². The van der Waals surface area contributed by atoms with E-state index in [-0.39, 0.29) is 0 Å². The monoisotopic (exact) mass is 253 g/mol. The zero-order valence-corrected chi connectivity index (χ0v) is 11.2. The molecule has 18 heavy (non-hydrogen) atoms. The third-order valence-corrected chi connectivity index (χ3v) is 3.48.